The van der Waals surface area contributed by atoms with E-state index in [1.165, 1.54) is 0 Å². The molecule has 0 aromatic rings. The Morgan fingerprint density at radius 2 is 0.824 bits per heavy atom. The summed E-state index contributed by atoms with van der Waals surface area (Å²) in [4.78, 5) is 0. The van der Waals surface area contributed by atoms with E-state index in [4.69, 9.17) is 38.4 Å². The van der Waals surface area contributed by atoms with Crippen LogP contribution in [0.25, 0.3) is 0 Å². The molecule has 0 saturated carbocycles. The van der Waals surface area contributed by atoms with Gasteiger partial charge in [0.2, 0.25) is 0 Å². The Kier molecular flexibility index (Phi) is 41.4. The maximum absolute atomic E-state index is 8.09. The smallest absolute Gasteiger partial charge is 0.0698 e. The number of rotatable bonds is 8. The van der Waals surface area contributed by atoms with Crippen LogP contribution in [0.5, 0.6) is 0 Å². The number of halogens is 2. The topological polar surface area (TPSA) is 99.4 Å². The molecule has 0 unspecified atom stereocenters. The van der Waals surface area contributed by atoms with Crippen molar-refractivity contribution in [1.29, 1.82) is 0 Å². The zero-order valence-corrected chi connectivity index (χ0v) is 13.3. The largest absolute Gasteiger partial charge is 0.394 e. The zero-order valence-electron chi connectivity index (χ0n) is 9.43. The number of aliphatic hydroxyl groups excluding tert-OH is 4. The van der Waals surface area contributed by atoms with Gasteiger partial charge in [0.15, 0.2) is 0 Å². The predicted octanol–water partition coefficient (Wildman–Crippen LogP) is -1.03. The minimum atomic E-state index is -0.586. The van der Waals surface area contributed by atoms with Gasteiger partial charge >= 0.3 is 36.6 Å². The summed E-state index contributed by atoms with van der Waals surface area (Å²) >= 11 is -0.586. The molecule has 6 nitrogen and oxygen atoms in total. The molecule has 0 spiro atoms. The van der Waals surface area contributed by atoms with Crippen LogP contribution in [0.2, 0.25) is 0 Å². The molecular weight excluding hydrogens is 391 g/mol. The second-order valence-corrected chi connectivity index (χ2v) is 5.64. The second kappa shape index (κ2) is 30.3. The first-order valence-corrected chi connectivity index (χ1v) is 10.6. The first-order chi connectivity index (χ1) is 8.24. The third-order valence-electron chi connectivity index (χ3n) is 0.942. The maximum Gasteiger partial charge on any atom is 0.0698 e. The molecule has 0 aromatic heterocycles. The van der Waals surface area contributed by atoms with Crippen LogP contribution in [0.15, 0.2) is 0 Å². The number of aliphatic hydroxyl groups is 4. The molecule has 0 bridgehead atoms. The molecule has 0 heterocycles. The average molecular weight is 411 g/mol. The summed E-state index contributed by atoms with van der Waals surface area (Å²) in [5.41, 5.74) is 0. The van der Waals surface area contributed by atoms with Crippen LogP contribution in [0, 0.1) is 0 Å². The fraction of sp³-hybridized carbons (Fsp3) is 1.00. The van der Waals surface area contributed by atoms with Gasteiger partial charge in [-0.2, -0.15) is 0 Å². The standard InChI is InChI=1S/2C4H10O3.Cl2Te/c2*5-1-3-7-4-2-6;1-3-2/h2*5-6H,1-4H2;. The average Bonchev–Trinajstić information content (AvgIpc) is 2.32. The van der Waals surface area contributed by atoms with Gasteiger partial charge in [0, 0.05) is 0 Å². The van der Waals surface area contributed by atoms with E-state index in [2.05, 4.69) is 9.47 Å². The van der Waals surface area contributed by atoms with Crippen molar-refractivity contribution in [2.24, 2.45) is 0 Å². The van der Waals surface area contributed by atoms with E-state index >= 15 is 0 Å². The number of ether oxygens (including phenoxy) is 2. The molecule has 0 aliphatic carbocycles. The third-order valence-corrected chi connectivity index (χ3v) is 0.942. The van der Waals surface area contributed by atoms with Crippen molar-refractivity contribution in [3.05, 3.63) is 0 Å². The quantitative estimate of drug-likeness (QED) is 0.302. The van der Waals surface area contributed by atoms with E-state index in [0.29, 0.717) is 26.4 Å². The van der Waals surface area contributed by atoms with Crippen LogP contribution in [-0.2, 0) is 9.47 Å². The predicted molar refractivity (Wildman–Crippen MR) is 67.4 cm³/mol. The molecule has 17 heavy (non-hydrogen) atoms. The van der Waals surface area contributed by atoms with E-state index < -0.39 is 18.7 Å². The molecule has 0 fully saturated rings. The van der Waals surface area contributed by atoms with Gasteiger partial charge in [0.1, 0.15) is 0 Å². The monoisotopic (exact) mass is 412 g/mol. The summed E-state index contributed by atoms with van der Waals surface area (Å²) in [6, 6.07) is 0. The van der Waals surface area contributed by atoms with Gasteiger partial charge in [-0.25, -0.2) is 0 Å². The van der Waals surface area contributed by atoms with Crippen LogP contribution in [0.4, 0.5) is 0 Å². The van der Waals surface area contributed by atoms with Gasteiger partial charge in [-0.05, 0) is 0 Å². The molecule has 9 heteroatoms. The molecular formula is C8H20Cl2O6Te. The van der Waals surface area contributed by atoms with Gasteiger partial charge < -0.3 is 29.9 Å². The van der Waals surface area contributed by atoms with Crippen LogP contribution < -0.4 is 0 Å². The Morgan fingerprint density at radius 1 is 0.647 bits per heavy atom. The molecule has 0 aromatic carbocycles. The molecule has 4 N–H and O–H groups in total. The summed E-state index contributed by atoms with van der Waals surface area (Å²) in [7, 11) is 9.79. The summed E-state index contributed by atoms with van der Waals surface area (Å²) in [5.74, 6) is 0. The molecule has 0 aliphatic heterocycles. The van der Waals surface area contributed by atoms with E-state index in [-0.39, 0.29) is 26.4 Å². The van der Waals surface area contributed by atoms with Gasteiger partial charge in [0.25, 0.3) is 0 Å². The Hall–Kier alpha value is 1.13. The van der Waals surface area contributed by atoms with Crippen molar-refractivity contribution < 1.29 is 29.9 Å². The van der Waals surface area contributed by atoms with Crippen molar-refractivity contribution in [3.8, 4) is 0 Å². The Balaban J connectivity index is -0.000000188. The minimum Gasteiger partial charge on any atom is -0.394 e. The normalized spacial score (nSPS) is 8.82. The third kappa shape index (κ3) is 47.0. The molecule has 0 radical (unpaired) electrons. The summed E-state index contributed by atoms with van der Waals surface area (Å²) < 4.78 is 9.26. The Bertz CT molecular complexity index is 86.1. The first kappa shape index (κ1) is 23.2. The van der Waals surface area contributed by atoms with Gasteiger partial charge in [-0.3, -0.25) is 0 Å². The molecule has 0 saturated heterocycles. The van der Waals surface area contributed by atoms with Crippen LogP contribution in [0.3, 0.4) is 0 Å². The summed E-state index contributed by atoms with van der Waals surface area (Å²) in [6.07, 6.45) is 0. The molecule has 0 aliphatic rings. The fourth-order valence-electron chi connectivity index (χ4n) is 0.462. The number of hydrogen-bond donors (Lipinski definition) is 4. The minimum absolute atomic E-state index is 0.0278. The van der Waals surface area contributed by atoms with Crippen LogP contribution in [0.1, 0.15) is 0 Å². The SMILES string of the molecule is Cl[Te]Cl.OCCOCCO.OCCOCCO. The van der Waals surface area contributed by atoms with E-state index in [0.717, 1.165) is 0 Å². The number of hydrogen-bond acceptors (Lipinski definition) is 6. The molecule has 108 valence electrons. The zero-order chi connectivity index (χ0) is 13.8. The Labute approximate surface area is 119 Å². The second-order valence-electron chi connectivity index (χ2n) is 2.18. The van der Waals surface area contributed by atoms with Gasteiger partial charge in [0.05, 0.1) is 52.9 Å². The van der Waals surface area contributed by atoms with Crippen molar-refractivity contribution in [2.45, 2.75) is 0 Å². The van der Waals surface area contributed by atoms with Crippen LogP contribution in [-0.4, -0.2) is 92.0 Å². The van der Waals surface area contributed by atoms with E-state index in [9.17, 15) is 0 Å². The molecule has 0 amide bonds. The molecule has 0 atom stereocenters. The van der Waals surface area contributed by atoms with Crippen molar-refractivity contribution >= 4 is 36.6 Å². The first-order valence-electron chi connectivity index (χ1n) is 4.73. The summed E-state index contributed by atoms with van der Waals surface area (Å²) in [5, 5.41) is 32.3. The van der Waals surface area contributed by atoms with Gasteiger partial charge in [-0.1, -0.05) is 0 Å². The van der Waals surface area contributed by atoms with E-state index in [1.807, 2.05) is 0 Å². The fourth-order valence-corrected chi connectivity index (χ4v) is 0.462. The van der Waals surface area contributed by atoms with Crippen molar-refractivity contribution in [3.63, 3.8) is 0 Å². The van der Waals surface area contributed by atoms with Gasteiger partial charge in [-0.15, -0.1) is 0 Å². The summed E-state index contributed by atoms with van der Waals surface area (Å²) in [6.45, 7) is 1.39. The van der Waals surface area contributed by atoms with Crippen LogP contribution >= 0.6 is 17.9 Å². The van der Waals surface area contributed by atoms with Crippen molar-refractivity contribution in [1.82, 2.24) is 0 Å². The molecule has 0 rings (SSSR count). The maximum atomic E-state index is 8.09. The van der Waals surface area contributed by atoms with E-state index in [1.54, 1.807) is 0 Å². The Morgan fingerprint density at radius 3 is 0.941 bits per heavy atom. The van der Waals surface area contributed by atoms with Crippen molar-refractivity contribution in [2.75, 3.05) is 52.9 Å².